The molecule has 0 N–H and O–H groups in total. The Kier molecular flexibility index (Phi) is 6.16. The maximum Gasteiger partial charge on any atom is 0.233 e. The van der Waals surface area contributed by atoms with E-state index in [0.29, 0.717) is 32.6 Å². The highest BCUT2D eigenvalue weighted by atomic mass is 19.1. The first-order chi connectivity index (χ1) is 14.6. The van der Waals surface area contributed by atoms with Gasteiger partial charge in [-0.25, -0.2) is 4.39 Å². The van der Waals surface area contributed by atoms with Crippen LogP contribution in [-0.4, -0.2) is 47.8 Å². The van der Waals surface area contributed by atoms with Gasteiger partial charge in [0.05, 0.1) is 5.41 Å². The average Bonchev–Trinajstić information content (AvgIpc) is 2.74. The van der Waals surface area contributed by atoms with E-state index in [1.165, 1.54) is 17.7 Å². The lowest BCUT2D eigenvalue weighted by molar-refractivity contribution is -0.146. The molecule has 1 aliphatic carbocycles. The Morgan fingerprint density at radius 3 is 2.23 bits per heavy atom. The molecule has 0 spiro atoms. The summed E-state index contributed by atoms with van der Waals surface area (Å²) in [6.45, 7) is 2.27. The molecule has 0 radical (unpaired) electrons. The standard InChI is InChI=1S/C25H29FN2O2/c26-22-11-5-10-21(19-22)25(13-6-14-25)24(30)28-17-15-27(16-18-28)23(29)12-4-9-20-7-2-1-3-8-20/h1-3,5,7-8,10-11,19H,4,6,9,12-18H2. The third kappa shape index (κ3) is 4.25. The average molecular weight is 409 g/mol. The van der Waals surface area contributed by atoms with Gasteiger partial charge in [-0.2, -0.15) is 0 Å². The third-order valence-electron chi connectivity index (χ3n) is 6.61. The zero-order chi connectivity index (χ0) is 21.0. The summed E-state index contributed by atoms with van der Waals surface area (Å²) in [6.07, 6.45) is 4.81. The quantitative estimate of drug-likeness (QED) is 0.726. The van der Waals surface area contributed by atoms with Crippen LogP contribution in [0.1, 0.15) is 43.2 Å². The monoisotopic (exact) mass is 408 g/mol. The van der Waals surface area contributed by atoms with Crippen LogP contribution in [-0.2, 0) is 21.4 Å². The first-order valence-corrected chi connectivity index (χ1v) is 11.0. The Hall–Kier alpha value is -2.69. The van der Waals surface area contributed by atoms with Crippen LogP contribution in [0.25, 0.3) is 0 Å². The van der Waals surface area contributed by atoms with E-state index in [1.54, 1.807) is 6.07 Å². The van der Waals surface area contributed by atoms with Gasteiger partial charge in [0.2, 0.25) is 11.8 Å². The molecular formula is C25H29FN2O2. The molecule has 1 heterocycles. The normalized spacial score (nSPS) is 18.0. The van der Waals surface area contributed by atoms with Crippen molar-refractivity contribution in [1.29, 1.82) is 0 Å². The number of amides is 2. The van der Waals surface area contributed by atoms with Crippen LogP contribution in [0.15, 0.2) is 54.6 Å². The highest BCUT2D eigenvalue weighted by molar-refractivity contribution is 5.89. The second kappa shape index (κ2) is 8.99. The van der Waals surface area contributed by atoms with Crippen LogP contribution in [0, 0.1) is 5.82 Å². The van der Waals surface area contributed by atoms with Crippen molar-refractivity contribution in [2.24, 2.45) is 0 Å². The van der Waals surface area contributed by atoms with Crippen LogP contribution < -0.4 is 0 Å². The summed E-state index contributed by atoms with van der Waals surface area (Å²) in [5.41, 5.74) is 1.46. The van der Waals surface area contributed by atoms with E-state index in [1.807, 2.05) is 34.1 Å². The van der Waals surface area contributed by atoms with Gasteiger partial charge in [0.1, 0.15) is 5.82 Å². The second-order valence-electron chi connectivity index (χ2n) is 8.46. The zero-order valence-corrected chi connectivity index (χ0v) is 17.4. The molecule has 30 heavy (non-hydrogen) atoms. The Labute approximate surface area is 177 Å². The molecule has 0 atom stereocenters. The van der Waals surface area contributed by atoms with Crippen molar-refractivity contribution < 1.29 is 14.0 Å². The van der Waals surface area contributed by atoms with Crippen LogP contribution >= 0.6 is 0 Å². The fraction of sp³-hybridized carbons (Fsp3) is 0.440. The molecule has 4 rings (SSSR count). The molecule has 1 aliphatic heterocycles. The van der Waals surface area contributed by atoms with Crippen molar-refractivity contribution >= 4 is 11.8 Å². The van der Waals surface area contributed by atoms with Gasteiger partial charge in [-0.1, -0.05) is 48.9 Å². The number of nitrogens with zero attached hydrogens (tertiary/aromatic N) is 2. The summed E-state index contributed by atoms with van der Waals surface area (Å²) in [5.74, 6) is -0.0328. The lowest BCUT2D eigenvalue weighted by Gasteiger charge is -2.46. The van der Waals surface area contributed by atoms with Gasteiger partial charge in [-0.15, -0.1) is 0 Å². The van der Waals surface area contributed by atoms with Crippen molar-refractivity contribution in [1.82, 2.24) is 9.80 Å². The maximum atomic E-state index is 13.7. The van der Waals surface area contributed by atoms with E-state index in [2.05, 4.69) is 12.1 Å². The molecule has 4 nitrogen and oxygen atoms in total. The number of carbonyl (C=O) groups is 2. The Morgan fingerprint density at radius 2 is 1.60 bits per heavy atom. The number of benzene rings is 2. The largest absolute Gasteiger partial charge is 0.339 e. The van der Waals surface area contributed by atoms with Crippen LogP contribution in [0.3, 0.4) is 0 Å². The van der Waals surface area contributed by atoms with E-state index in [9.17, 15) is 14.0 Å². The topological polar surface area (TPSA) is 40.6 Å². The summed E-state index contributed by atoms with van der Waals surface area (Å²) in [6, 6.07) is 16.7. The number of piperazine rings is 1. The lowest BCUT2D eigenvalue weighted by Crippen LogP contribution is -2.57. The van der Waals surface area contributed by atoms with E-state index in [-0.39, 0.29) is 17.6 Å². The summed E-state index contributed by atoms with van der Waals surface area (Å²) < 4.78 is 13.7. The molecule has 2 aromatic rings. The molecule has 5 heteroatoms. The molecule has 2 aliphatic rings. The molecule has 2 aromatic carbocycles. The number of halogens is 1. The van der Waals surface area contributed by atoms with Crippen molar-refractivity contribution in [2.75, 3.05) is 26.2 Å². The molecule has 0 unspecified atom stereocenters. The van der Waals surface area contributed by atoms with Crippen molar-refractivity contribution in [2.45, 2.75) is 43.9 Å². The first kappa shape index (κ1) is 20.6. The predicted octanol–water partition coefficient (Wildman–Crippen LogP) is 3.94. The summed E-state index contributed by atoms with van der Waals surface area (Å²) in [5, 5.41) is 0. The highest BCUT2D eigenvalue weighted by Crippen LogP contribution is 2.45. The molecule has 1 saturated heterocycles. The van der Waals surface area contributed by atoms with Gasteiger partial charge in [-0.05, 0) is 48.9 Å². The van der Waals surface area contributed by atoms with Gasteiger partial charge >= 0.3 is 0 Å². The van der Waals surface area contributed by atoms with Gasteiger partial charge in [0.25, 0.3) is 0 Å². The zero-order valence-electron chi connectivity index (χ0n) is 17.4. The molecule has 1 saturated carbocycles. The minimum atomic E-state index is -0.579. The number of aryl methyl sites for hydroxylation is 1. The lowest BCUT2D eigenvalue weighted by atomic mass is 9.63. The van der Waals surface area contributed by atoms with Gasteiger partial charge in [0.15, 0.2) is 0 Å². The molecule has 2 fully saturated rings. The maximum absolute atomic E-state index is 13.7. The van der Waals surface area contributed by atoms with Crippen molar-refractivity contribution in [3.63, 3.8) is 0 Å². The van der Waals surface area contributed by atoms with Crippen molar-refractivity contribution in [3.05, 3.63) is 71.5 Å². The van der Waals surface area contributed by atoms with Gasteiger partial charge < -0.3 is 9.80 Å². The summed E-state index contributed by atoms with van der Waals surface area (Å²) >= 11 is 0. The fourth-order valence-electron chi connectivity index (χ4n) is 4.65. The fourth-order valence-corrected chi connectivity index (χ4v) is 4.65. The molecule has 0 aromatic heterocycles. The minimum absolute atomic E-state index is 0.0931. The van der Waals surface area contributed by atoms with E-state index in [4.69, 9.17) is 0 Å². The second-order valence-corrected chi connectivity index (χ2v) is 8.46. The van der Waals surface area contributed by atoms with Gasteiger partial charge in [0, 0.05) is 32.6 Å². The first-order valence-electron chi connectivity index (χ1n) is 11.0. The number of rotatable bonds is 6. The molecular weight excluding hydrogens is 379 g/mol. The SMILES string of the molecule is O=C(CCCc1ccccc1)N1CCN(C(=O)C2(c3cccc(F)c3)CCC2)CC1. The third-order valence-corrected chi connectivity index (χ3v) is 6.61. The van der Waals surface area contributed by atoms with Gasteiger partial charge in [-0.3, -0.25) is 9.59 Å². The summed E-state index contributed by atoms with van der Waals surface area (Å²) in [7, 11) is 0. The minimum Gasteiger partial charge on any atom is -0.339 e. The van der Waals surface area contributed by atoms with Crippen LogP contribution in [0.4, 0.5) is 4.39 Å². The highest BCUT2D eigenvalue weighted by Gasteiger charge is 2.48. The Balaban J connectivity index is 1.29. The summed E-state index contributed by atoms with van der Waals surface area (Å²) in [4.78, 5) is 29.6. The van der Waals surface area contributed by atoms with E-state index < -0.39 is 5.41 Å². The Bertz CT molecular complexity index is 887. The number of carbonyl (C=O) groups excluding carboxylic acids is 2. The Morgan fingerprint density at radius 1 is 0.900 bits per heavy atom. The molecule has 158 valence electrons. The smallest absolute Gasteiger partial charge is 0.233 e. The van der Waals surface area contributed by atoms with Crippen LogP contribution in [0.2, 0.25) is 0 Å². The van der Waals surface area contributed by atoms with Crippen molar-refractivity contribution in [3.8, 4) is 0 Å². The van der Waals surface area contributed by atoms with E-state index in [0.717, 1.165) is 37.7 Å². The molecule has 2 amide bonds. The predicted molar refractivity (Wildman–Crippen MR) is 114 cm³/mol. The number of hydrogen-bond donors (Lipinski definition) is 0. The van der Waals surface area contributed by atoms with Crippen LogP contribution in [0.5, 0.6) is 0 Å². The number of hydrogen-bond acceptors (Lipinski definition) is 2. The van der Waals surface area contributed by atoms with E-state index >= 15 is 0 Å². The molecule has 0 bridgehead atoms.